The van der Waals surface area contributed by atoms with Gasteiger partial charge in [-0.1, -0.05) is 24.3 Å². The van der Waals surface area contributed by atoms with Crippen molar-refractivity contribution < 1.29 is 4.79 Å². The van der Waals surface area contributed by atoms with Crippen LogP contribution in [0.25, 0.3) is 5.69 Å². The summed E-state index contributed by atoms with van der Waals surface area (Å²) in [6.07, 6.45) is 3.48. The zero-order valence-electron chi connectivity index (χ0n) is 12.2. The Morgan fingerprint density at radius 3 is 2.59 bits per heavy atom. The van der Waals surface area contributed by atoms with E-state index in [0.29, 0.717) is 5.69 Å². The zero-order valence-corrected chi connectivity index (χ0v) is 12.2. The Kier molecular flexibility index (Phi) is 3.96. The van der Waals surface area contributed by atoms with E-state index in [1.165, 1.54) is 0 Å². The van der Waals surface area contributed by atoms with Crippen molar-refractivity contribution in [3.05, 3.63) is 78.4 Å². The van der Waals surface area contributed by atoms with Gasteiger partial charge in [0.25, 0.3) is 5.91 Å². The molecule has 1 atom stereocenters. The lowest BCUT2D eigenvalue weighted by molar-refractivity contribution is 0.0933. The van der Waals surface area contributed by atoms with Crippen molar-refractivity contribution in [2.75, 3.05) is 0 Å². The molecule has 0 fully saturated rings. The molecule has 0 saturated heterocycles. The highest BCUT2D eigenvalue weighted by Crippen LogP contribution is 2.10. The number of para-hydroxylation sites is 1. The molecule has 5 heteroatoms. The molecule has 0 spiro atoms. The van der Waals surface area contributed by atoms with E-state index in [-0.39, 0.29) is 11.9 Å². The molecule has 1 unspecified atom stereocenters. The molecule has 0 saturated carbocycles. The van der Waals surface area contributed by atoms with Gasteiger partial charge < -0.3 is 5.32 Å². The van der Waals surface area contributed by atoms with Crippen LogP contribution < -0.4 is 5.32 Å². The van der Waals surface area contributed by atoms with E-state index in [4.69, 9.17) is 0 Å². The van der Waals surface area contributed by atoms with E-state index in [0.717, 1.165) is 11.4 Å². The van der Waals surface area contributed by atoms with Crippen LogP contribution in [0.4, 0.5) is 0 Å². The highest BCUT2D eigenvalue weighted by molar-refractivity contribution is 5.92. The number of carbonyl (C=O) groups is 1. The first-order valence-electron chi connectivity index (χ1n) is 7.07. The lowest BCUT2D eigenvalue weighted by atomic mass is 10.2. The van der Waals surface area contributed by atoms with E-state index >= 15 is 0 Å². The Morgan fingerprint density at radius 1 is 1.09 bits per heavy atom. The molecular weight excluding hydrogens is 276 g/mol. The van der Waals surface area contributed by atoms with Gasteiger partial charge >= 0.3 is 0 Å². The Morgan fingerprint density at radius 2 is 1.86 bits per heavy atom. The lowest BCUT2D eigenvalue weighted by Gasteiger charge is -2.11. The fourth-order valence-electron chi connectivity index (χ4n) is 2.15. The van der Waals surface area contributed by atoms with Gasteiger partial charge in [-0.25, -0.2) is 4.68 Å². The normalized spacial score (nSPS) is 11.9. The predicted octanol–water partition coefficient (Wildman–Crippen LogP) is 2.76. The SMILES string of the molecule is CC(NC(=O)c1ccn(-c2ccccc2)n1)c1ccccn1. The van der Waals surface area contributed by atoms with Gasteiger partial charge in [-0.2, -0.15) is 5.10 Å². The standard InChI is InChI=1S/C17H16N4O/c1-13(15-9-5-6-11-18-15)19-17(22)16-10-12-21(20-16)14-7-3-2-4-8-14/h2-13H,1H3,(H,19,22). The summed E-state index contributed by atoms with van der Waals surface area (Å²) >= 11 is 0. The second kappa shape index (κ2) is 6.22. The van der Waals surface area contributed by atoms with Crippen molar-refractivity contribution >= 4 is 5.91 Å². The number of hydrogen-bond donors (Lipinski definition) is 1. The monoisotopic (exact) mass is 292 g/mol. The number of rotatable bonds is 4. The highest BCUT2D eigenvalue weighted by atomic mass is 16.2. The molecule has 110 valence electrons. The van der Waals surface area contributed by atoms with Gasteiger partial charge in [0.1, 0.15) is 0 Å². The summed E-state index contributed by atoms with van der Waals surface area (Å²) in [7, 11) is 0. The molecule has 0 radical (unpaired) electrons. The van der Waals surface area contributed by atoms with Crippen LogP contribution in [0, 0.1) is 0 Å². The van der Waals surface area contributed by atoms with E-state index in [1.54, 1.807) is 23.1 Å². The first-order chi connectivity index (χ1) is 10.7. The van der Waals surface area contributed by atoms with E-state index in [2.05, 4.69) is 15.4 Å². The van der Waals surface area contributed by atoms with Crippen LogP contribution in [-0.2, 0) is 0 Å². The molecule has 0 aliphatic heterocycles. The fourth-order valence-corrected chi connectivity index (χ4v) is 2.15. The third kappa shape index (κ3) is 3.03. The van der Waals surface area contributed by atoms with Crippen LogP contribution in [0.15, 0.2) is 67.0 Å². The number of nitrogens with one attached hydrogen (secondary N) is 1. The molecule has 2 heterocycles. The van der Waals surface area contributed by atoms with Gasteiger partial charge in [0, 0.05) is 12.4 Å². The summed E-state index contributed by atoms with van der Waals surface area (Å²) in [6, 6.07) is 16.8. The minimum Gasteiger partial charge on any atom is -0.343 e. The van der Waals surface area contributed by atoms with Gasteiger partial charge in [-0.3, -0.25) is 9.78 Å². The summed E-state index contributed by atoms with van der Waals surface area (Å²) in [4.78, 5) is 16.5. The number of carbonyl (C=O) groups excluding carboxylic acids is 1. The van der Waals surface area contributed by atoms with Crippen LogP contribution >= 0.6 is 0 Å². The summed E-state index contributed by atoms with van der Waals surface area (Å²) in [5.41, 5.74) is 2.12. The molecule has 3 rings (SSSR count). The summed E-state index contributed by atoms with van der Waals surface area (Å²) in [5.74, 6) is -0.215. The Hall–Kier alpha value is -2.95. The van der Waals surface area contributed by atoms with E-state index in [9.17, 15) is 4.79 Å². The molecular formula is C17H16N4O. The number of aromatic nitrogens is 3. The highest BCUT2D eigenvalue weighted by Gasteiger charge is 2.14. The fraction of sp³-hybridized carbons (Fsp3) is 0.118. The molecule has 0 aliphatic carbocycles. The Labute approximate surface area is 128 Å². The number of hydrogen-bond acceptors (Lipinski definition) is 3. The number of nitrogens with zero attached hydrogens (tertiary/aromatic N) is 3. The average Bonchev–Trinajstić information content (AvgIpc) is 3.06. The lowest BCUT2D eigenvalue weighted by Crippen LogP contribution is -2.27. The molecule has 1 N–H and O–H groups in total. The first-order valence-corrected chi connectivity index (χ1v) is 7.07. The smallest absolute Gasteiger partial charge is 0.272 e. The van der Waals surface area contributed by atoms with Crippen molar-refractivity contribution in [3.8, 4) is 5.69 Å². The largest absolute Gasteiger partial charge is 0.343 e. The number of benzene rings is 1. The van der Waals surface area contributed by atoms with Crippen LogP contribution in [0.3, 0.4) is 0 Å². The summed E-state index contributed by atoms with van der Waals surface area (Å²) in [6.45, 7) is 1.90. The molecule has 1 amide bonds. The average molecular weight is 292 g/mol. The van der Waals surface area contributed by atoms with Crippen molar-refractivity contribution in [1.82, 2.24) is 20.1 Å². The maximum atomic E-state index is 12.3. The van der Waals surface area contributed by atoms with Gasteiger partial charge in [0.15, 0.2) is 5.69 Å². The topological polar surface area (TPSA) is 59.8 Å². The van der Waals surface area contributed by atoms with Crippen molar-refractivity contribution in [2.24, 2.45) is 0 Å². The van der Waals surface area contributed by atoms with E-state index < -0.39 is 0 Å². The first kappa shape index (κ1) is 14.0. The van der Waals surface area contributed by atoms with Crippen molar-refractivity contribution in [1.29, 1.82) is 0 Å². The predicted molar refractivity (Wildman–Crippen MR) is 83.7 cm³/mol. The summed E-state index contributed by atoms with van der Waals surface area (Å²) in [5, 5.41) is 7.21. The molecule has 0 bridgehead atoms. The Balaban J connectivity index is 1.72. The van der Waals surface area contributed by atoms with Crippen molar-refractivity contribution in [3.63, 3.8) is 0 Å². The van der Waals surface area contributed by atoms with Crippen LogP contribution in [0.2, 0.25) is 0 Å². The number of amides is 1. The van der Waals surface area contributed by atoms with Crippen LogP contribution in [0.1, 0.15) is 29.1 Å². The zero-order chi connectivity index (χ0) is 15.4. The van der Waals surface area contributed by atoms with Gasteiger partial charge in [-0.15, -0.1) is 0 Å². The third-order valence-electron chi connectivity index (χ3n) is 3.32. The molecule has 1 aromatic carbocycles. The minimum atomic E-state index is -0.215. The molecule has 3 aromatic rings. The second-order valence-electron chi connectivity index (χ2n) is 4.93. The van der Waals surface area contributed by atoms with Gasteiger partial charge in [0.2, 0.25) is 0 Å². The van der Waals surface area contributed by atoms with Gasteiger partial charge in [-0.05, 0) is 37.3 Å². The number of pyridine rings is 1. The molecule has 22 heavy (non-hydrogen) atoms. The molecule has 0 aliphatic rings. The van der Waals surface area contributed by atoms with Crippen LogP contribution in [-0.4, -0.2) is 20.7 Å². The molecule has 5 nitrogen and oxygen atoms in total. The van der Waals surface area contributed by atoms with Gasteiger partial charge in [0.05, 0.1) is 17.4 Å². The maximum absolute atomic E-state index is 12.3. The second-order valence-corrected chi connectivity index (χ2v) is 4.93. The maximum Gasteiger partial charge on any atom is 0.272 e. The summed E-state index contributed by atoms with van der Waals surface area (Å²) < 4.78 is 1.68. The minimum absolute atomic E-state index is 0.171. The van der Waals surface area contributed by atoms with E-state index in [1.807, 2.05) is 55.5 Å². The third-order valence-corrected chi connectivity index (χ3v) is 3.32. The Bertz CT molecular complexity index is 753. The quantitative estimate of drug-likeness (QED) is 0.804. The molecule has 2 aromatic heterocycles. The van der Waals surface area contributed by atoms with Crippen molar-refractivity contribution in [2.45, 2.75) is 13.0 Å². The van der Waals surface area contributed by atoms with Crippen LogP contribution in [0.5, 0.6) is 0 Å².